The minimum absolute atomic E-state index is 1.05. The summed E-state index contributed by atoms with van der Waals surface area (Å²) in [7, 11) is 0. The van der Waals surface area contributed by atoms with Crippen LogP contribution in [-0.4, -0.2) is 9.13 Å². The molecule has 15 rings (SSSR count). The van der Waals surface area contributed by atoms with Crippen LogP contribution in [0.4, 0.5) is 34.1 Å². The van der Waals surface area contributed by atoms with Gasteiger partial charge in [-0.15, -0.1) is 0 Å². The zero-order valence-corrected chi connectivity index (χ0v) is 43.8. The normalized spacial score (nSPS) is 11.5. The lowest BCUT2D eigenvalue weighted by molar-refractivity contribution is 1.16. The van der Waals surface area contributed by atoms with Gasteiger partial charge in [-0.25, -0.2) is 0 Å². The molecule has 0 aliphatic heterocycles. The smallest absolute Gasteiger partial charge is 0.0620 e. The van der Waals surface area contributed by atoms with Crippen molar-refractivity contribution >= 4 is 88.4 Å². The van der Waals surface area contributed by atoms with Gasteiger partial charge in [0.15, 0.2) is 0 Å². The van der Waals surface area contributed by atoms with Gasteiger partial charge in [-0.3, -0.25) is 0 Å². The van der Waals surface area contributed by atoms with Crippen LogP contribution in [0.2, 0.25) is 0 Å². The van der Waals surface area contributed by atoms with Crippen molar-refractivity contribution in [3.63, 3.8) is 0 Å². The summed E-state index contributed by atoms with van der Waals surface area (Å²) in [5.74, 6) is 0. The lowest BCUT2D eigenvalue weighted by atomic mass is 9.92. The molecule has 0 amide bonds. The fourth-order valence-corrected chi connectivity index (χ4v) is 12.3. The Balaban J connectivity index is 0.930. The van der Waals surface area contributed by atoms with E-state index < -0.39 is 0 Å². The molecule has 0 bridgehead atoms. The molecule has 4 heteroatoms. The molecule has 0 unspecified atom stereocenters. The molecule has 2 aromatic heterocycles. The van der Waals surface area contributed by atoms with Crippen molar-refractivity contribution in [2.24, 2.45) is 0 Å². The van der Waals surface area contributed by atoms with E-state index in [0.29, 0.717) is 0 Å². The zero-order valence-electron chi connectivity index (χ0n) is 43.8. The number of rotatable bonds is 11. The molecule has 15 aromatic rings. The van der Waals surface area contributed by atoms with Gasteiger partial charge < -0.3 is 18.9 Å². The van der Waals surface area contributed by atoms with Gasteiger partial charge in [0.05, 0.1) is 27.9 Å². The minimum Gasteiger partial charge on any atom is -0.311 e. The van der Waals surface area contributed by atoms with Gasteiger partial charge in [-0.1, -0.05) is 206 Å². The molecule has 80 heavy (non-hydrogen) atoms. The molecule has 0 aliphatic carbocycles. The predicted octanol–water partition coefficient (Wildman–Crippen LogP) is 21.0. The summed E-state index contributed by atoms with van der Waals surface area (Å²) < 4.78 is 4.92. The Morgan fingerprint density at radius 2 is 0.713 bits per heavy atom. The zero-order chi connectivity index (χ0) is 52.9. The molecular formula is C76H52N4. The van der Waals surface area contributed by atoms with Crippen LogP contribution in [0.5, 0.6) is 0 Å². The first-order valence-electron chi connectivity index (χ1n) is 27.4. The molecule has 0 aliphatic rings. The minimum atomic E-state index is 1.05. The van der Waals surface area contributed by atoms with Gasteiger partial charge in [0, 0.05) is 72.3 Å². The fraction of sp³-hybridized carbons (Fsp3) is 0. The maximum absolute atomic E-state index is 2.54. The molecule has 2 heterocycles. The fourth-order valence-electron chi connectivity index (χ4n) is 12.3. The molecule has 0 saturated heterocycles. The first kappa shape index (κ1) is 46.6. The third-order valence-corrected chi connectivity index (χ3v) is 15.8. The van der Waals surface area contributed by atoms with E-state index in [1.807, 2.05) is 0 Å². The average molecular weight is 1020 g/mol. The number of hydrogen-bond acceptors (Lipinski definition) is 2. The van der Waals surface area contributed by atoms with E-state index in [4.69, 9.17) is 0 Å². The van der Waals surface area contributed by atoms with Crippen LogP contribution in [0.3, 0.4) is 0 Å². The van der Waals surface area contributed by atoms with Gasteiger partial charge >= 0.3 is 0 Å². The SMILES string of the molecule is c1ccc(-c2c(-c3ccccc3)n(-c3cccc4ccccc34)c3c2cc(-c2ccc(N(c4ccc(N(c5ccccc5)c5ccccc5)cc4)c4ccc5c(c4)c4ccccc4n5-c4ccccc4)cc2)c2ccccc23)cc1. The Bertz CT molecular complexity index is 4680. The highest BCUT2D eigenvalue weighted by molar-refractivity contribution is 6.20. The number of hydrogen-bond donors (Lipinski definition) is 0. The van der Waals surface area contributed by atoms with Crippen LogP contribution in [0.1, 0.15) is 0 Å². The summed E-state index contributed by atoms with van der Waals surface area (Å²) in [4.78, 5) is 4.72. The summed E-state index contributed by atoms with van der Waals surface area (Å²) >= 11 is 0. The third kappa shape index (κ3) is 7.92. The van der Waals surface area contributed by atoms with Gasteiger partial charge in [0.25, 0.3) is 0 Å². The standard InChI is InChI=1S/C76H52N4/c1-6-24-55(25-7-1)74-70-52-68(65-36-18-19-38-67(65)76(70)80(75(74)56-26-8-2-9-27-56)71-40-22-28-53-23-16-17-35-64(53)71)54-41-43-60(44-42-54)78(62-47-45-61(46-48-62)77(57-29-10-3-11-30-57)58-31-12-4-13-32-58)63-49-50-73-69(51-63)66-37-20-21-39-72(66)79(73)59-33-14-5-15-34-59/h1-52H. The van der Waals surface area contributed by atoms with Crippen LogP contribution in [0.15, 0.2) is 315 Å². The predicted molar refractivity (Wildman–Crippen MR) is 338 cm³/mol. The summed E-state index contributed by atoms with van der Waals surface area (Å²) in [6.07, 6.45) is 0. The van der Waals surface area contributed by atoms with Crippen LogP contribution in [-0.2, 0) is 0 Å². The van der Waals surface area contributed by atoms with Crippen molar-refractivity contribution in [2.45, 2.75) is 0 Å². The molecule has 13 aromatic carbocycles. The molecular weight excluding hydrogens is 969 g/mol. The van der Waals surface area contributed by atoms with Crippen molar-refractivity contribution < 1.29 is 0 Å². The number of fused-ring (bicyclic) bond motifs is 7. The van der Waals surface area contributed by atoms with Crippen LogP contribution < -0.4 is 9.80 Å². The second kappa shape index (κ2) is 19.7. The maximum atomic E-state index is 2.54. The Labute approximate surface area is 465 Å². The molecule has 0 atom stereocenters. The van der Waals surface area contributed by atoms with E-state index in [2.05, 4.69) is 334 Å². The summed E-state index contributed by atoms with van der Waals surface area (Å²) in [5.41, 5.74) is 19.3. The van der Waals surface area contributed by atoms with Crippen LogP contribution in [0, 0.1) is 0 Å². The van der Waals surface area contributed by atoms with Gasteiger partial charge in [0.2, 0.25) is 0 Å². The van der Waals surface area contributed by atoms with Gasteiger partial charge in [0.1, 0.15) is 0 Å². The second-order valence-corrected chi connectivity index (χ2v) is 20.4. The van der Waals surface area contributed by atoms with Gasteiger partial charge in [-0.2, -0.15) is 0 Å². The topological polar surface area (TPSA) is 16.3 Å². The Hall–Kier alpha value is -10.7. The maximum Gasteiger partial charge on any atom is 0.0620 e. The van der Waals surface area contributed by atoms with E-state index in [0.717, 1.165) is 62.1 Å². The Kier molecular flexibility index (Phi) is 11.5. The van der Waals surface area contributed by atoms with Crippen molar-refractivity contribution in [1.29, 1.82) is 0 Å². The quantitative estimate of drug-likeness (QED) is 0.128. The molecule has 0 radical (unpaired) electrons. The van der Waals surface area contributed by atoms with E-state index in [-0.39, 0.29) is 0 Å². The van der Waals surface area contributed by atoms with Gasteiger partial charge in [-0.05, 0) is 142 Å². The van der Waals surface area contributed by atoms with Crippen molar-refractivity contribution in [3.05, 3.63) is 315 Å². The van der Waals surface area contributed by atoms with E-state index in [9.17, 15) is 0 Å². The molecule has 0 spiro atoms. The summed E-state index contributed by atoms with van der Waals surface area (Å²) in [6.45, 7) is 0. The Morgan fingerprint density at radius 3 is 1.36 bits per heavy atom. The third-order valence-electron chi connectivity index (χ3n) is 15.8. The van der Waals surface area contributed by atoms with Crippen molar-refractivity contribution in [3.8, 4) is 44.9 Å². The number of nitrogens with zero attached hydrogens (tertiary/aromatic N) is 4. The molecule has 4 nitrogen and oxygen atoms in total. The lowest BCUT2D eigenvalue weighted by Gasteiger charge is -2.28. The molecule has 376 valence electrons. The largest absolute Gasteiger partial charge is 0.311 e. The highest BCUT2D eigenvalue weighted by Crippen LogP contribution is 2.49. The summed E-state index contributed by atoms with van der Waals surface area (Å²) in [5, 5.41) is 8.41. The number of para-hydroxylation sites is 4. The van der Waals surface area contributed by atoms with Crippen molar-refractivity contribution in [1.82, 2.24) is 9.13 Å². The highest BCUT2D eigenvalue weighted by Gasteiger charge is 2.26. The number of aromatic nitrogens is 2. The molecule has 0 fully saturated rings. The number of anilines is 6. The second-order valence-electron chi connectivity index (χ2n) is 20.4. The summed E-state index contributed by atoms with van der Waals surface area (Å²) in [6, 6.07) is 115. The van der Waals surface area contributed by atoms with E-state index in [1.54, 1.807) is 0 Å². The first-order chi connectivity index (χ1) is 39.7. The average Bonchev–Trinajstić information content (AvgIpc) is 4.09. The van der Waals surface area contributed by atoms with Crippen molar-refractivity contribution in [2.75, 3.05) is 9.80 Å². The monoisotopic (exact) mass is 1020 g/mol. The molecule has 0 saturated carbocycles. The molecule has 0 N–H and O–H groups in total. The Morgan fingerprint density at radius 1 is 0.250 bits per heavy atom. The highest BCUT2D eigenvalue weighted by atomic mass is 15.2. The first-order valence-corrected chi connectivity index (χ1v) is 27.4. The van der Waals surface area contributed by atoms with Crippen LogP contribution in [0.25, 0.3) is 99.1 Å². The van der Waals surface area contributed by atoms with Crippen LogP contribution >= 0.6 is 0 Å². The number of benzene rings is 13. The lowest BCUT2D eigenvalue weighted by Crippen LogP contribution is -2.12. The van der Waals surface area contributed by atoms with E-state index in [1.165, 1.54) is 71.1 Å². The van der Waals surface area contributed by atoms with E-state index >= 15 is 0 Å².